The van der Waals surface area contributed by atoms with E-state index in [4.69, 9.17) is 0 Å². The van der Waals surface area contributed by atoms with Crippen LogP contribution in [0.5, 0.6) is 0 Å². The molecule has 2 aliphatic heterocycles. The van der Waals surface area contributed by atoms with Gasteiger partial charge in [-0.05, 0) is 52.9 Å². The largest absolute Gasteiger partial charge is 0.331 e. The Hall–Kier alpha value is -3.72. The summed E-state index contributed by atoms with van der Waals surface area (Å²) in [5.41, 5.74) is 2.75. The summed E-state index contributed by atoms with van der Waals surface area (Å²) in [5.74, 6) is -1.43. The third kappa shape index (κ3) is 4.05. The number of nitrogens with one attached hydrogen (secondary N) is 2. The predicted molar refractivity (Wildman–Crippen MR) is 131 cm³/mol. The number of halogens is 1. The van der Waals surface area contributed by atoms with E-state index in [0.717, 1.165) is 23.2 Å². The van der Waals surface area contributed by atoms with Gasteiger partial charge < -0.3 is 10.2 Å². The first-order chi connectivity index (χ1) is 16.8. The Bertz CT molecular complexity index is 1350. The molecule has 35 heavy (non-hydrogen) atoms. The molecule has 3 heterocycles. The van der Waals surface area contributed by atoms with Gasteiger partial charge in [-0.15, -0.1) is 0 Å². The zero-order chi connectivity index (χ0) is 24.7. The third-order valence-corrected chi connectivity index (χ3v) is 7.17. The second-order valence-corrected chi connectivity index (χ2v) is 9.37. The van der Waals surface area contributed by atoms with Crippen LogP contribution < -0.4 is 10.6 Å². The number of aromatic nitrogens is 1. The molecule has 1 unspecified atom stereocenters. The van der Waals surface area contributed by atoms with Crippen LogP contribution in [-0.4, -0.2) is 34.3 Å². The molecular weight excluding hydrogens is 467 g/mol. The number of pyridine rings is 1. The normalized spacial score (nSPS) is 20.0. The molecule has 3 aromatic rings. The highest BCUT2D eigenvalue weighted by atomic mass is 32.1. The van der Waals surface area contributed by atoms with Crippen molar-refractivity contribution in [2.75, 3.05) is 6.54 Å². The third-order valence-electron chi connectivity index (χ3n) is 6.54. The highest BCUT2D eigenvalue weighted by Crippen LogP contribution is 2.33. The van der Waals surface area contributed by atoms with E-state index in [0.29, 0.717) is 11.1 Å². The van der Waals surface area contributed by atoms with Crippen molar-refractivity contribution in [1.82, 2.24) is 20.5 Å². The van der Waals surface area contributed by atoms with Gasteiger partial charge in [-0.1, -0.05) is 37.3 Å². The van der Waals surface area contributed by atoms with Gasteiger partial charge >= 0.3 is 6.03 Å². The summed E-state index contributed by atoms with van der Waals surface area (Å²) in [7, 11) is 0. The minimum atomic E-state index is -1.46. The zero-order valence-corrected chi connectivity index (χ0v) is 19.8. The van der Waals surface area contributed by atoms with Gasteiger partial charge in [0, 0.05) is 23.6 Å². The van der Waals surface area contributed by atoms with Crippen molar-refractivity contribution in [3.8, 4) is 11.1 Å². The standard InChI is InChI=1S/C26H23FN4O3S/c1-2-22(35)21-11-16(9-10-28-21)15-3-6-18(7-4-15)26(24(33)29-25(34)30-26)14-31-13-17-5-8-19(27)12-20(17)23(31)32/h3-12,22,35H,2,13-14H2,1H3,(H2,29,30,33,34)/t22?,26-/m1/s1. The van der Waals surface area contributed by atoms with E-state index in [-0.39, 0.29) is 29.8 Å². The molecule has 2 N–H and O–H groups in total. The first-order valence-corrected chi connectivity index (χ1v) is 11.8. The van der Waals surface area contributed by atoms with Gasteiger partial charge in [-0.3, -0.25) is 19.9 Å². The summed E-state index contributed by atoms with van der Waals surface area (Å²) in [4.78, 5) is 44.0. The number of rotatable bonds is 6. The molecule has 4 amide bonds. The van der Waals surface area contributed by atoms with Gasteiger partial charge in [0.15, 0.2) is 5.54 Å². The minimum absolute atomic E-state index is 0.0329. The Morgan fingerprint density at radius 2 is 1.86 bits per heavy atom. The number of amides is 4. The average molecular weight is 491 g/mol. The maximum absolute atomic E-state index is 13.7. The van der Waals surface area contributed by atoms with Crippen molar-refractivity contribution in [3.63, 3.8) is 0 Å². The van der Waals surface area contributed by atoms with Crippen LogP contribution in [-0.2, 0) is 16.9 Å². The molecule has 1 aromatic heterocycles. The summed E-state index contributed by atoms with van der Waals surface area (Å²) in [5, 5.41) is 5.05. The van der Waals surface area contributed by atoms with Crippen LogP contribution in [0.1, 0.15) is 45.8 Å². The Kier molecular flexibility index (Phi) is 5.80. The van der Waals surface area contributed by atoms with Gasteiger partial charge in [0.1, 0.15) is 5.82 Å². The first kappa shape index (κ1) is 23.0. The SMILES string of the molecule is CCC(S)c1cc(-c2ccc([C@@]3(CN4Cc5ccc(F)cc5C4=O)NC(=O)NC3=O)cc2)ccn1. The van der Waals surface area contributed by atoms with Crippen molar-refractivity contribution in [2.24, 2.45) is 0 Å². The Labute approximate surface area is 207 Å². The number of thiol groups is 1. The van der Waals surface area contributed by atoms with Gasteiger partial charge in [-0.2, -0.15) is 12.6 Å². The molecule has 1 fully saturated rings. The molecule has 2 aliphatic rings. The lowest BCUT2D eigenvalue weighted by molar-refractivity contribution is -0.124. The predicted octanol–water partition coefficient (Wildman–Crippen LogP) is 3.96. The molecule has 9 heteroatoms. The van der Waals surface area contributed by atoms with Crippen LogP contribution in [0.25, 0.3) is 11.1 Å². The molecule has 0 saturated carbocycles. The van der Waals surface area contributed by atoms with Crippen molar-refractivity contribution in [3.05, 3.63) is 89.0 Å². The second-order valence-electron chi connectivity index (χ2n) is 8.75. The van der Waals surface area contributed by atoms with E-state index in [1.807, 2.05) is 31.2 Å². The summed E-state index contributed by atoms with van der Waals surface area (Å²) in [6.07, 6.45) is 2.59. The van der Waals surface area contributed by atoms with E-state index >= 15 is 0 Å². The number of fused-ring (bicyclic) bond motifs is 1. The fourth-order valence-corrected chi connectivity index (χ4v) is 4.75. The Balaban J connectivity index is 1.46. The molecule has 2 atom stereocenters. The van der Waals surface area contributed by atoms with Crippen LogP contribution in [0, 0.1) is 5.82 Å². The Morgan fingerprint density at radius 1 is 1.09 bits per heavy atom. The Morgan fingerprint density at radius 3 is 2.54 bits per heavy atom. The van der Waals surface area contributed by atoms with Gasteiger partial charge in [0.2, 0.25) is 0 Å². The highest BCUT2D eigenvalue weighted by Gasteiger charge is 2.50. The van der Waals surface area contributed by atoms with E-state index in [2.05, 4.69) is 28.2 Å². The fraction of sp³-hybridized carbons (Fsp3) is 0.231. The fourth-order valence-electron chi connectivity index (χ4n) is 4.61. The number of urea groups is 1. The number of benzene rings is 2. The quantitative estimate of drug-likeness (QED) is 0.360. The van der Waals surface area contributed by atoms with E-state index in [1.54, 1.807) is 24.4 Å². The van der Waals surface area contributed by atoms with Crippen molar-refractivity contribution >= 4 is 30.5 Å². The number of carbonyl (C=O) groups excluding carboxylic acids is 3. The number of nitrogens with zero attached hydrogens (tertiary/aromatic N) is 2. The van der Waals surface area contributed by atoms with Crippen LogP contribution >= 0.6 is 12.6 Å². The maximum atomic E-state index is 13.7. The summed E-state index contributed by atoms with van der Waals surface area (Å²) in [6, 6.07) is 14.6. The summed E-state index contributed by atoms with van der Waals surface area (Å²) in [6.45, 7) is 2.18. The van der Waals surface area contributed by atoms with Crippen LogP contribution in [0.2, 0.25) is 0 Å². The molecule has 0 radical (unpaired) electrons. The van der Waals surface area contributed by atoms with Crippen molar-refractivity contribution in [1.29, 1.82) is 0 Å². The zero-order valence-electron chi connectivity index (χ0n) is 18.9. The molecule has 178 valence electrons. The van der Waals surface area contributed by atoms with Crippen molar-refractivity contribution < 1.29 is 18.8 Å². The first-order valence-electron chi connectivity index (χ1n) is 11.3. The number of imide groups is 1. The monoisotopic (exact) mass is 490 g/mol. The van der Waals surface area contributed by atoms with Crippen molar-refractivity contribution in [2.45, 2.75) is 30.7 Å². The number of carbonyl (C=O) groups is 3. The maximum Gasteiger partial charge on any atom is 0.322 e. The molecule has 0 bridgehead atoms. The number of hydrogen-bond donors (Lipinski definition) is 3. The summed E-state index contributed by atoms with van der Waals surface area (Å²) >= 11 is 4.57. The molecular formula is C26H23FN4O3S. The van der Waals surface area contributed by atoms with Crippen LogP contribution in [0.3, 0.4) is 0 Å². The lowest BCUT2D eigenvalue weighted by atomic mass is 9.88. The van der Waals surface area contributed by atoms with E-state index in [1.165, 1.54) is 17.0 Å². The topological polar surface area (TPSA) is 91.4 Å². The van der Waals surface area contributed by atoms with E-state index in [9.17, 15) is 18.8 Å². The van der Waals surface area contributed by atoms with E-state index < -0.39 is 23.3 Å². The average Bonchev–Trinajstić information content (AvgIpc) is 3.33. The smallest absolute Gasteiger partial charge is 0.322 e. The highest BCUT2D eigenvalue weighted by molar-refractivity contribution is 7.80. The van der Waals surface area contributed by atoms with Crippen LogP contribution in [0.15, 0.2) is 60.8 Å². The molecule has 0 spiro atoms. The lowest BCUT2D eigenvalue weighted by Crippen LogP contribution is -2.52. The number of hydrogen-bond acceptors (Lipinski definition) is 5. The minimum Gasteiger partial charge on any atom is -0.331 e. The van der Waals surface area contributed by atoms with Gasteiger partial charge in [-0.25, -0.2) is 9.18 Å². The molecule has 1 saturated heterocycles. The van der Waals surface area contributed by atoms with Gasteiger partial charge in [0.05, 0.1) is 12.2 Å². The second kappa shape index (κ2) is 8.81. The molecule has 0 aliphatic carbocycles. The van der Waals surface area contributed by atoms with Crippen LogP contribution in [0.4, 0.5) is 9.18 Å². The lowest BCUT2D eigenvalue weighted by Gasteiger charge is -2.31. The molecule has 5 rings (SSSR count). The molecule has 2 aromatic carbocycles. The summed E-state index contributed by atoms with van der Waals surface area (Å²) < 4.78 is 13.7. The molecule has 7 nitrogen and oxygen atoms in total. The van der Waals surface area contributed by atoms with Gasteiger partial charge in [0.25, 0.3) is 11.8 Å².